The molecule has 0 spiro atoms. The van der Waals surface area contributed by atoms with Gasteiger partial charge in [-0.25, -0.2) is 0 Å². The van der Waals surface area contributed by atoms with Crippen LogP contribution in [-0.4, -0.2) is 21.2 Å². The van der Waals surface area contributed by atoms with E-state index in [2.05, 4.69) is 37.9 Å². The number of benzene rings is 1. The maximum atomic E-state index is 5.51. The Hall–Kier alpha value is 0.0969. The maximum Gasteiger partial charge on any atom is 0.187 e. The van der Waals surface area contributed by atoms with Crippen molar-refractivity contribution in [3.8, 4) is 0 Å². The first kappa shape index (κ1) is 13.2. The third-order valence-electron chi connectivity index (χ3n) is 2.36. The molecule has 1 aromatic rings. The largest absolute Gasteiger partial charge is 0.420 e. The number of hydrogen-bond donors (Lipinski definition) is 1. The monoisotopic (exact) mass is 258 g/mol. The standard InChI is InChI=1S/C11H18OS2Si/c1-12-15(2,3)9-8-14-11-6-4-10(13)5-7-11/h4-7,13H,8-9H2,1-3H3. The second kappa shape index (κ2) is 5.99. The Labute approximate surface area is 103 Å². The summed E-state index contributed by atoms with van der Waals surface area (Å²) in [6.07, 6.45) is 0. The molecule has 4 heteroatoms. The molecule has 0 aromatic heterocycles. The van der Waals surface area contributed by atoms with E-state index in [1.165, 1.54) is 10.9 Å². The Morgan fingerprint density at radius 1 is 1.27 bits per heavy atom. The van der Waals surface area contributed by atoms with Crippen molar-refractivity contribution >= 4 is 32.7 Å². The topological polar surface area (TPSA) is 9.23 Å². The van der Waals surface area contributed by atoms with E-state index in [0.717, 1.165) is 10.6 Å². The molecule has 0 fully saturated rings. The Balaban J connectivity index is 2.35. The van der Waals surface area contributed by atoms with Gasteiger partial charge in [-0.2, -0.15) is 0 Å². The quantitative estimate of drug-likeness (QED) is 0.487. The van der Waals surface area contributed by atoms with Gasteiger partial charge < -0.3 is 4.43 Å². The number of rotatable bonds is 5. The van der Waals surface area contributed by atoms with Crippen molar-refractivity contribution in [2.45, 2.75) is 28.9 Å². The molecular weight excluding hydrogens is 240 g/mol. The predicted octanol–water partition coefficient (Wildman–Crippen LogP) is 3.92. The molecule has 15 heavy (non-hydrogen) atoms. The van der Waals surface area contributed by atoms with Crippen LogP contribution in [0.5, 0.6) is 0 Å². The van der Waals surface area contributed by atoms with E-state index < -0.39 is 8.32 Å². The van der Waals surface area contributed by atoms with E-state index in [9.17, 15) is 0 Å². The van der Waals surface area contributed by atoms with Crippen molar-refractivity contribution in [2.75, 3.05) is 12.9 Å². The fraction of sp³-hybridized carbons (Fsp3) is 0.455. The molecule has 0 saturated heterocycles. The zero-order valence-electron chi connectivity index (χ0n) is 9.49. The Kier molecular flexibility index (Phi) is 5.25. The molecule has 0 bridgehead atoms. The van der Waals surface area contributed by atoms with Gasteiger partial charge in [0.15, 0.2) is 8.32 Å². The van der Waals surface area contributed by atoms with Crippen molar-refractivity contribution in [3.63, 3.8) is 0 Å². The van der Waals surface area contributed by atoms with Gasteiger partial charge in [0.2, 0.25) is 0 Å². The van der Waals surface area contributed by atoms with E-state index in [1.54, 1.807) is 0 Å². The zero-order valence-corrected chi connectivity index (χ0v) is 12.2. The van der Waals surface area contributed by atoms with E-state index in [0.29, 0.717) is 0 Å². The second-order valence-electron chi connectivity index (χ2n) is 4.06. The predicted molar refractivity (Wildman–Crippen MR) is 73.7 cm³/mol. The summed E-state index contributed by atoms with van der Waals surface area (Å²) in [5.74, 6) is 1.14. The van der Waals surface area contributed by atoms with Crippen LogP contribution in [0.15, 0.2) is 34.1 Å². The molecule has 0 radical (unpaired) electrons. The summed E-state index contributed by atoms with van der Waals surface area (Å²) in [7, 11) is 0.448. The highest BCUT2D eigenvalue weighted by Gasteiger charge is 2.19. The zero-order chi connectivity index (χ0) is 11.3. The first-order valence-electron chi connectivity index (χ1n) is 5.00. The van der Waals surface area contributed by atoms with Gasteiger partial charge in [-0.15, -0.1) is 24.4 Å². The second-order valence-corrected chi connectivity index (χ2v) is 10.2. The van der Waals surface area contributed by atoms with Gasteiger partial charge in [0.05, 0.1) is 0 Å². The molecule has 0 atom stereocenters. The summed E-state index contributed by atoms with van der Waals surface area (Å²) in [5.41, 5.74) is 0. The van der Waals surface area contributed by atoms with E-state index in [1.807, 2.05) is 31.0 Å². The summed E-state index contributed by atoms with van der Waals surface area (Å²) < 4.78 is 5.51. The van der Waals surface area contributed by atoms with Gasteiger partial charge in [-0.3, -0.25) is 0 Å². The van der Waals surface area contributed by atoms with Gasteiger partial charge in [0, 0.05) is 16.9 Å². The summed E-state index contributed by atoms with van der Waals surface area (Å²) in [4.78, 5) is 2.33. The lowest BCUT2D eigenvalue weighted by Crippen LogP contribution is -2.28. The summed E-state index contributed by atoms with van der Waals surface area (Å²) in [6, 6.07) is 9.49. The third kappa shape index (κ3) is 5.11. The van der Waals surface area contributed by atoms with Gasteiger partial charge in [0.1, 0.15) is 0 Å². The third-order valence-corrected chi connectivity index (χ3v) is 6.60. The number of hydrogen-bond acceptors (Lipinski definition) is 3. The van der Waals surface area contributed by atoms with Crippen LogP contribution in [0.1, 0.15) is 0 Å². The Bertz CT molecular complexity index is 298. The lowest BCUT2D eigenvalue weighted by Gasteiger charge is -2.19. The Morgan fingerprint density at radius 3 is 2.40 bits per heavy atom. The molecule has 0 unspecified atom stereocenters. The fourth-order valence-corrected chi connectivity index (χ4v) is 4.35. The van der Waals surface area contributed by atoms with Crippen LogP contribution in [0.4, 0.5) is 0 Å². The minimum Gasteiger partial charge on any atom is -0.420 e. The molecule has 1 nitrogen and oxygen atoms in total. The van der Waals surface area contributed by atoms with Crippen molar-refractivity contribution in [1.29, 1.82) is 0 Å². The average Bonchev–Trinajstić information content (AvgIpc) is 2.21. The molecule has 1 aromatic carbocycles. The minimum absolute atomic E-state index is 1.02. The molecule has 0 saturated carbocycles. The minimum atomic E-state index is -1.38. The van der Waals surface area contributed by atoms with Crippen molar-refractivity contribution in [3.05, 3.63) is 24.3 Å². The number of thiol groups is 1. The Morgan fingerprint density at radius 2 is 1.87 bits per heavy atom. The molecule has 0 aliphatic heterocycles. The first-order valence-corrected chi connectivity index (χ1v) is 9.55. The van der Waals surface area contributed by atoms with Crippen molar-refractivity contribution < 1.29 is 4.43 Å². The first-order chi connectivity index (χ1) is 7.03. The smallest absolute Gasteiger partial charge is 0.187 e. The van der Waals surface area contributed by atoms with Crippen molar-refractivity contribution in [1.82, 2.24) is 0 Å². The van der Waals surface area contributed by atoms with Crippen LogP contribution < -0.4 is 0 Å². The molecule has 84 valence electrons. The van der Waals surface area contributed by atoms with Gasteiger partial charge >= 0.3 is 0 Å². The van der Waals surface area contributed by atoms with Crippen LogP contribution >= 0.6 is 24.4 Å². The highest BCUT2D eigenvalue weighted by Crippen LogP contribution is 2.23. The maximum absolute atomic E-state index is 5.51. The van der Waals surface area contributed by atoms with E-state index in [-0.39, 0.29) is 0 Å². The summed E-state index contributed by atoms with van der Waals surface area (Å²) >= 11 is 6.15. The van der Waals surface area contributed by atoms with Crippen LogP contribution in [0.3, 0.4) is 0 Å². The lowest BCUT2D eigenvalue weighted by atomic mass is 10.4. The molecular formula is C11H18OS2Si. The van der Waals surface area contributed by atoms with Crippen LogP contribution in [-0.2, 0) is 4.43 Å². The van der Waals surface area contributed by atoms with Crippen LogP contribution in [0.2, 0.25) is 19.1 Å². The van der Waals surface area contributed by atoms with Gasteiger partial charge in [-0.05, 0) is 49.2 Å². The normalized spacial score (nSPS) is 11.7. The van der Waals surface area contributed by atoms with Crippen LogP contribution in [0.25, 0.3) is 0 Å². The lowest BCUT2D eigenvalue weighted by molar-refractivity contribution is 0.405. The highest BCUT2D eigenvalue weighted by molar-refractivity contribution is 7.99. The fourth-order valence-electron chi connectivity index (χ4n) is 1.06. The van der Waals surface area contributed by atoms with Gasteiger partial charge in [-0.1, -0.05) is 0 Å². The molecule has 0 heterocycles. The number of thioether (sulfide) groups is 1. The van der Waals surface area contributed by atoms with E-state index in [4.69, 9.17) is 4.43 Å². The summed E-state index contributed by atoms with van der Waals surface area (Å²) in [6.45, 7) is 4.51. The van der Waals surface area contributed by atoms with E-state index >= 15 is 0 Å². The highest BCUT2D eigenvalue weighted by atomic mass is 32.2. The van der Waals surface area contributed by atoms with Gasteiger partial charge in [0.25, 0.3) is 0 Å². The molecule has 0 amide bonds. The molecule has 0 aliphatic carbocycles. The average molecular weight is 258 g/mol. The molecule has 0 N–H and O–H groups in total. The molecule has 0 aliphatic rings. The summed E-state index contributed by atoms with van der Waals surface area (Å²) in [5, 5.41) is 0. The van der Waals surface area contributed by atoms with Crippen molar-refractivity contribution in [2.24, 2.45) is 0 Å². The molecule has 1 rings (SSSR count). The van der Waals surface area contributed by atoms with Crippen LogP contribution in [0, 0.1) is 0 Å². The SMILES string of the molecule is CO[Si](C)(C)CCSc1ccc(S)cc1.